The maximum Gasteiger partial charge on any atom is 0.157 e. The van der Waals surface area contributed by atoms with Gasteiger partial charge in [0.15, 0.2) is 5.75 Å². The number of hydrogen-bond donors (Lipinski definition) is 0. The molecule has 0 radical (unpaired) electrons. The Morgan fingerprint density at radius 2 is 1.61 bits per heavy atom. The molecule has 1 atom stereocenters. The molecule has 1 unspecified atom stereocenters. The molecule has 0 aromatic heterocycles. The van der Waals surface area contributed by atoms with Gasteiger partial charge >= 0.3 is 0 Å². The summed E-state index contributed by atoms with van der Waals surface area (Å²) in [5.41, 5.74) is 1.17. The summed E-state index contributed by atoms with van der Waals surface area (Å²) in [5, 5.41) is 1.37. The molecule has 5 heteroatoms. The summed E-state index contributed by atoms with van der Waals surface area (Å²) in [4.78, 5) is 2.27. The van der Waals surface area contributed by atoms with Crippen molar-refractivity contribution in [1.29, 1.82) is 0 Å². The number of nitrogens with zero attached hydrogens (tertiary/aromatic N) is 1. The SMILES string of the molecule is CCC(CN(CC)c1ccccc1)Oc1c(Cl)cc(Cl)cc1Cl. The molecule has 0 bridgehead atoms. The zero-order valence-corrected chi connectivity index (χ0v) is 15.5. The summed E-state index contributed by atoms with van der Waals surface area (Å²) in [6.45, 7) is 5.86. The van der Waals surface area contributed by atoms with Crippen LogP contribution < -0.4 is 9.64 Å². The minimum atomic E-state index is -0.0219. The van der Waals surface area contributed by atoms with Gasteiger partial charge in [0.25, 0.3) is 0 Å². The van der Waals surface area contributed by atoms with E-state index in [2.05, 4.69) is 30.9 Å². The van der Waals surface area contributed by atoms with Gasteiger partial charge in [0, 0.05) is 17.3 Å². The highest BCUT2D eigenvalue weighted by atomic mass is 35.5. The Morgan fingerprint density at radius 1 is 1.00 bits per heavy atom. The van der Waals surface area contributed by atoms with Crippen molar-refractivity contribution in [3.8, 4) is 5.75 Å². The second-order valence-electron chi connectivity index (χ2n) is 5.22. The van der Waals surface area contributed by atoms with E-state index in [0.29, 0.717) is 20.8 Å². The molecule has 0 fully saturated rings. The molecular formula is C18H20Cl3NO. The Balaban J connectivity index is 2.14. The van der Waals surface area contributed by atoms with Gasteiger partial charge in [-0.3, -0.25) is 0 Å². The molecule has 0 aliphatic carbocycles. The molecule has 2 rings (SSSR count). The zero-order valence-electron chi connectivity index (χ0n) is 13.2. The lowest BCUT2D eigenvalue weighted by Gasteiger charge is -2.29. The number of halogens is 3. The van der Waals surface area contributed by atoms with Crippen LogP contribution >= 0.6 is 34.8 Å². The molecule has 0 aliphatic rings. The van der Waals surface area contributed by atoms with E-state index in [9.17, 15) is 0 Å². The smallest absolute Gasteiger partial charge is 0.157 e. The van der Waals surface area contributed by atoms with Gasteiger partial charge in [0.05, 0.1) is 16.6 Å². The average Bonchev–Trinajstić information content (AvgIpc) is 2.54. The van der Waals surface area contributed by atoms with E-state index < -0.39 is 0 Å². The molecule has 23 heavy (non-hydrogen) atoms. The van der Waals surface area contributed by atoms with Crippen LogP contribution in [0.15, 0.2) is 42.5 Å². The normalized spacial score (nSPS) is 12.0. The molecule has 0 spiro atoms. The Bertz CT molecular complexity index is 610. The standard InChI is InChI=1S/C18H20Cl3NO/c1-3-15(12-22(4-2)14-8-6-5-7-9-14)23-18-16(20)10-13(19)11-17(18)21/h5-11,15H,3-4,12H2,1-2H3. The maximum atomic E-state index is 6.22. The van der Waals surface area contributed by atoms with Gasteiger partial charge in [-0.05, 0) is 37.6 Å². The van der Waals surface area contributed by atoms with Gasteiger partial charge in [-0.25, -0.2) is 0 Å². The Hall–Kier alpha value is -1.09. The van der Waals surface area contributed by atoms with Crippen LogP contribution in [0.25, 0.3) is 0 Å². The van der Waals surface area contributed by atoms with Crippen LogP contribution in [0.1, 0.15) is 20.3 Å². The van der Waals surface area contributed by atoms with E-state index in [-0.39, 0.29) is 6.10 Å². The Kier molecular flexibility index (Phi) is 6.88. The minimum Gasteiger partial charge on any atom is -0.485 e. The number of benzene rings is 2. The summed E-state index contributed by atoms with van der Waals surface area (Å²) >= 11 is 18.4. The summed E-state index contributed by atoms with van der Waals surface area (Å²) in [5.74, 6) is 0.494. The number of likely N-dealkylation sites (N-methyl/N-ethyl adjacent to an activating group) is 1. The van der Waals surface area contributed by atoms with Crippen molar-refractivity contribution in [3.63, 3.8) is 0 Å². The predicted octanol–water partition coefficient (Wildman–Crippen LogP) is 6.33. The van der Waals surface area contributed by atoms with Crippen molar-refractivity contribution < 1.29 is 4.74 Å². The lowest BCUT2D eigenvalue weighted by molar-refractivity contribution is 0.202. The van der Waals surface area contributed by atoms with Crippen LogP contribution in [-0.4, -0.2) is 19.2 Å². The molecule has 2 aromatic rings. The third-order valence-corrected chi connectivity index (χ3v) is 4.41. The van der Waals surface area contributed by atoms with E-state index in [4.69, 9.17) is 39.5 Å². The number of hydrogen-bond acceptors (Lipinski definition) is 2. The average molecular weight is 373 g/mol. The first kappa shape index (κ1) is 18.3. The third-order valence-electron chi connectivity index (χ3n) is 3.63. The fraction of sp³-hybridized carbons (Fsp3) is 0.333. The lowest BCUT2D eigenvalue weighted by atomic mass is 10.2. The van der Waals surface area contributed by atoms with Gasteiger partial charge < -0.3 is 9.64 Å². The molecule has 0 saturated heterocycles. The second-order valence-corrected chi connectivity index (χ2v) is 6.47. The highest BCUT2D eigenvalue weighted by Gasteiger charge is 2.17. The van der Waals surface area contributed by atoms with Crippen LogP contribution in [0, 0.1) is 0 Å². The molecular weight excluding hydrogens is 353 g/mol. The topological polar surface area (TPSA) is 12.5 Å². The van der Waals surface area contributed by atoms with Crippen molar-refractivity contribution in [2.75, 3.05) is 18.0 Å². The molecule has 0 aliphatic heterocycles. The zero-order chi connectivity index (χ0) is 16.8. The Morgan fingerprint density at radius 3 is 2.13 bits per heavy atom. The molecule has 0 N–H and O–H groups in total. The van der Waals surface area contributed by atoms with Gasteiger partial charge in [-0.2, -0.15) is 0 Å². The first-order chi connectivity index (χ1) is 11.0. The molecule has 124 valence electrons. The number of rotatable bonds is 7. The molecule has 0 heterocycles. The fourth-order valence-corrected chi connectivity index (χ4v) is 3.27. The first-order valence-corrected chi connectivity index (χ1v) is 8.79. The fourth-order valence-electron chi connectivity index (χ4n) is 2.36. The minimum absolute atomic E-state index is 0.0219. The van der Waals surface area contributed by atoms with Crippen LogP contribution in [-0.2, 0) is 0 Å². The third kappa shape index (κ3) is 4.94. The number of ether oxygens (including phenoxy) is 1. The largest absolute Gasteiger partial charge is 0.485 e. The summed E-state index contributed by atoms with van der Waals surface area (Å²) in [6, 6.07) is 13.6. The summed E-state index contributed by atoms with van der Waals surface area (Å²) < 4.78 is 6.07. The van der Waals surface area contributed by atoms with Crippen LogP contribution in [0.3, 0.4) is 0 Å². The van der Waals surface area contributed by atoms with E-state index in [1.807, 2.05) is 18.2 Å². The van der Waals surface area contributed by atoms with Crippen molar-refractivity contribution in [2.45, 2.75) is 26.4 Å². The van der Waals surface area contributed by atoms with Crippen LogP contribution in [0.5, 0.6) is 5.75 Å². The number of anilines is 1. The highest BCUT2D eigenvalue weighted by Crippen LogP contribution is 2.36. The van der Waals surface area contributed by atoms with Gasteiger partial charge in [-0.15, -0.1) is 0 Å². The maximum absolute atomic E-state index is 6.22. The van der Waals surface area contributed by atoms with Crippen molar-refractivity contribution in [1.82, 2.24) is 0 Å². The van der Waals surface area contributed by atoms with Crippen molar-refractivity contribution in [3.05, 3.63) is 57.5 Å². The predicted molar refractivity (Wildman–Crippen MR) is 101 cm³/mol. The van der Waals surface area contributed by atoms with E-state index in [1.165, 1.54) is 5.69 Å². The summed E-state index contributed by atoms with van der Waals surface area (Å²) in [6.07, 6.45) is 0.824. The van der Waals surface area contributed by atoms with E-state index >= 15 is 0 Å². The van der Waals surface area contributed by atoms with Gasteiger partial charge in [-0.1, -0.05) is 59.9 Å². The molecule has 0 saturated carbocycles. The lowest BCUT2D eigenvalue weighted by Crippen LogP contribution is -2.35. The highest BCUT2D eigenvalue weighted by molar-refractivity contribution is 6.40. The second kappa shape index (κ2) is 8.68. The quantitative estimate of drug-likeness (QED) is 0.563. The Labute approximate surface area is 152 Å². The molecule has 0 amide bonds. The van der Waals surface area contributed by atoms with Crippen LogP contribution in [0.2, 0.25) is 15.1 Å². The monoisotopic (exact) mass is 371 g/mol. The van der Waals surface area contributed by atoms with Crippen molar-refractivity contribution >= 4 is 40.5 Å². The molecule has 2 nitrogen and oxygen atoms in total. The van der Waals surface area contributed by atoms with Crippen LogP contribution in [0.4, 0.5) is 5.69 Å². The van der Waals surface area contributed by atoms with Gasteiger partial charge in [0.2, 0.25) is 0 Å². The van der Waals surface area contributed by atoms with E-state index in [0.717, 1.165) is 19.5 Å². The number of para-hydroxylation sites is 1. The van der Waals surface area contributed by atoms with Crippen molar-refractivity contribution in [2.24, 2.45) is 0 Å². The summed E-state index contributed by atoms with van der Waals surface area (Å²) in [7, 11) is 0. The molecule has 2 aromatic carbocycles. The first-order valence-electron chi connectivity index (χ1n) is 7.66. The van der Waals surface area contributed by atoms with Gasteiger partial charge in [0.1, 0.15) is 6.10 Å². The van der Waals surface area contributed by atoms with E-state index in [1.54, 1.807) is 12.1 Å².